The Kier molecular flexibility index (Phi) is 10.5. The summed E-state index contributed by atoms with van der Waals surface area (Å²) in [5.74, 6) is 0. The van der Waals surface area contributed by atoms with Crippen molar-refractivity contribution < 1.29 is 24.2 Å². The van der Waals surface area contributed by atoms with Crippen molar-refractivity contribution in [2.45, 2.75) is 6.61 Å². The van der Waals surface area contributed by atoms with Gasteiger partial charge >= 0.3 is 0 Å². The van der Waals surface area contributed by atoms with Crippen LogP contribution in [0.2, 0.25) is 0 Å². The first kappa shape index (κ1) is 13.8. The van der Waals surface area contributed by atoms with Crippen LogP contribution in [0.15, 0.2) is 30.3 Å². The van der Waals surface area contributed by atoms with Crippen LogP contribution in [-0.2, 0) is 30.8 Å². The maximum absolute atomic E-state index is 4.68. The summed E-state index contributed by atoms with van der Waals surface area (Å²) in [6.07, 6.45) is 0. The number of halogens is 1. The average Bonchev–Trinajstić information content (AvgIpc) is 1.91. The predicted molar refractivity (Wildman–Crippen MR) is 46.9 cm³/mol. The molecule has 0 aliphatic heterocycles. The van der Waals surface area contributed by atoms with E-state index in [-0.39, 0.29) is 36.5 Å². The normalized spacial score (nSPS) is 7.73. The largest absolute Gasteiger partial charge is 0.552 e. The summed E-state index contributed by atoms with van der Waals surface area (Å²) < 4.78 is 4.68. The van der Waals surface area contributed by atoms with Crippen molar-refractivity contribution in [1.82, 2.24) is 0 Å². The van der Waals surface area contributed by atoms with Gasteiger partial charge in [0.15, 0.2) is 0 Å². The van der Waals surface area contributed by atoms with Crippen molar-refractivity contribution in [3.8, 4) is 0 Å². The molecule has 3 heteroatoms. The fourth-order valence-corrected chi connectivity index (χ4v) is 0.692. The van der Waals surface area contributed by atoms with Crippen LogP contribution in [0, 0.1) is 7.11 Å². The smallest absolute Gasteiger partial charge is 0.0373 e. The zero-order valence-electron chi connectivity index (χ0n) is 6.32. The second-order valence-electron chi connectivity index (χ2n) is 1.83. The van der Waals surface area contributed by atoms with Crippen molar-refractivity contribution in [2.24, 2.45) is 0 Å². The molecule has 0 spiro atoms. The molecular formula is C8H10BrOZn-. The maximum Gasteiger partial charge on any atom is 0.0373 e. The molecule has 0 radical (unpaired) electrons. The Morgan fingerprint density at radius 2 is 1.73 bits per heavy atom. The summed E-state index contributed by atoms with van der Waals surface area (Å²) in [7, 11) is 3.28. The first-order valence-electron chi connectivity index (χ1n) is 2.84. The molecule has 1 rings (SSSR count). The predicted octanol–water partition coefficient (Wildman–Crippen LogP) is 2.57. The van der Waals surface area contributed by atoms with Crippen LogP contribution >= 0.6 is 17.0 Å². The number of hydrogen-bond donors (Lipinski definition) is 0. The van der Waals surface area contributed by atoms with E-state index in [0.717, 1.165) is 5.56 Å². The zero-order chi connectivity index (χ0) is 6.53. The van der Waals surface area contributed by atoms with Gasteiger partial charge in [0.1, 0.15) is 0 Å². The second kappa shape index (κ2) is 8.38. The third-order valence-electron chi connectivity index (χ3n) is 1.11. The molecule has 0 atom stereocenters. The molecule has 1 aromatic carbocycles. The summed E-state index contributed by atoms with van der Waals surface area (Å²) in [4.78, 5) is 0. The Hall–Kier alpha value is 0.283. The van der Waals surface area contributed by atoms with E-state index >= 15 is 0 Å². The van der Waals surface area contributed by atoms with Crippen LogP contribution in [0.25, 0.3) is 0 Å². The van der Waals surface area contributed by atoms with E-state index in [2.05, 4.69) is 11.8 Å². The number of ether oxygens (including phenoxy) is 1. The first-order chi connectivity index (χ1) is 4.43. The van der Waals surface area contributed by atoms with Gasteiger partial charge in [-0.2, -0.15) is 0 Å². The first-order valence-corrected chi connectivity index (χ1v) is 2.84. The van der Waals surface area contributed by atoms with E-state index in [1.807, 2.05) is 30.3 Å². The van der Waals surface area contributed by atoms with E-state index in [1.54, 1.807) is 0 Å². The van der Waals surface area contributed by atoms with Crippen LogP contribution in [0.3, 0.4) is 0 Å². The van der Waals surface area contributed by atoms with Crippen molar-refractivity contribution in [3.05, 3.63) is 43.0 Å². The number of benzene rings is 1. The molecule has 0 aromatic heterocycles. The quantitative estimate of drug-likeness (QED) is 0.591. The minimum absolute atomic E-state index is 0. The van der Waals surface area contributed by atoms with Gasteiger partial charge in [-0.3, -0.25) is 0 Å². The van der Waals surface area contributed by atoms with Crippen molar-refractivity contribution in [1.29, 1.82) is 0 Å². The molecule has 0 bridgehead atoms. The molecule has 1 nitrogen and oxygen atoms in total. The molecule has 0 fully saturated rings. The molecule has 0 saturated heterocycles. The minimum atomic E-state index is 0. The van der Waals surface area contributed by atoms with Crippen LogP contribution in [0.4, 0.5) is 0 Å². The third-order valence-corrected chi connectivity index (χ3v) is 1.11. The third kappa shape index (κ3) is 5.54. The molecular weight excluding hydrogens is 257 g/mol. The Balaban J connectivity index is 0. The van der Waals surface area contributed by atoms with Gasteiger partial charge in [0.05, 0.1) is 0 Å². The van der Waals surface area contributed by atoms with Gasteiger partial charge in [-0.15, -0.1) is 17.0 Å². The van der Waals surface area contributed by atoms with E-state index in [4.69, 9.17) is 0 Å². The van der Waals surface area contributed by atoms with E-state index in [0.29, 0.717) is 6.61 Å². The summed E-state index contributed by atoms with van der Waals surface area (Å²) in [6, 6.07) is 9.95. The van der Waals surface area contributed by atoms with Gasteiger partial charge in [-0.25, -0.2) is 7.11 Å². The van der Waals surface area contributed by atoms with Crippen LogP contribution < -0.4 is 0 Å². The number of rotatable bonds is 2. The van der Waals surface area contributed by atoms with Crippen LogP contribution in [-0.4, -0.2) is 0 Å². The van der Waals surface area contributed by atoms with E-state index in [1.165, 1.54) is 0 Å². The average molecular weight is 267 g/mol. The zero-order valence-corrected chi connectivity index (χ0v) is 11.0. The van der Waals surface area contributed by atoms with Crippen molar-refractivity contribution >= 4 is 17.0 Å². The maximum atomic E-state index is 4.68. The van der Waals surface area contributed by atoms with Gasteiger partial charge in [0.2, 0.25) is 0 Å². The van der Waals surface area contributed by atoms with E-state index < -0.39 is 0 Å². The molecule has 0 amide bonds. The topological polar surface area (TPSA) is 9.23 Å². The van der Waals surface area contributed by atoms with Gasteiger partial charge in [-0.05, 0) is 5.56 Å². The Morgan fingerprint density at radius 1 is 1.18 bits per heavy atom. The summed E-state index contributed by atoms with van der Waals surface area (Å²) in [5.41, 5.74) is 1.16. The van der Waals surface area contributed by atoms with Gasteiger partial charge in [0, 0.05) is 26.1 Å². The molecule has 0 aliphatic rings. The molecule has 0 aliphatic carbocycles. The van der Waals surface area contributed by atoms with Gasteiger partial charge in [-0.1, -0.05) is 30.3 Å². The summed E-state index contributed by atoms with van der Waals surface area (Å²) in [5, 5.41) is 0. The fraction of sp³-hybridized carbons (Fsp3) is 0.125. The summed E-state index contributed by atoms with van der Waals surface area (Å²) >= 11 is 0. The molecule has 0 saturated carbocycles. The molecule has 0 N–H and O–H groups in total. The van der Waals surface area contributed by atoms with Crippen LogP contribution in [0.5, 0.6) is 0 Å². The fourth-order valence-electron chi connectivity index (χ4n) is 0.692. The molecule has 11 heavy (non-hydrogen) atoms. The van der Waals surface area contributed by atoms with Crippen molar-refractivity contribution in [2.75, 3.05) is 0 Å². The molecule has 0 heterocycles. The van der Waals surface area contributed by atoms with Gasteiger partial charge in [0.25, 0.3) is 0 Å². The molecule has 1 aromatic rings. The standard InChI is InChI=1S/C8H9O.BrH.Zn/c1-9-7-8-5-3-2-4-6-8;;/h2-6H,1,7H2;1H;/q-1;;. The Bertz CT molecular complexity index is 167. The van der Waals surface area contributed by atoms with Crippen molar-refractivity contribution in [3.63, 3.8) is 0 Å². The van der Waals surface area contributed by atoms with E-state index in [9.17, 15) is 0 Å². The van der Waals surface area contributed by atoms with Gasteiger partial charge < -0.3 is 4.74 Å². The van der Waals surface area contributed by atoms with Crippen LogP contribution in [0.1, 0.15) is 5.56 Å². The molecule has 0 unspecified atom stereocenters. The monoisotopic (exact) mass is 265 g/mol. The summed E-state index contributed by atoms with van der Waals surface area (Å²) in [6.45, 7) is 0.598. The second-order valence-corrected chi connectivity index (χ2v) is 1.83. The Labute approximate surface area is 90.7 Å². The molecule has 58 valence electrons. The number of hydrogen-bond acceptors (Lipinski definition) is 1. The Morgan fingerprint density at radius 3 is 2.18 bits per heavy atom. The minimum Gasteiger partial charge on any atom is -0.552 e. The SMILES string of the molecule is Br.[CH2-]OCc1ccccc1.[Zn].